The van der Waals surface area contributed by atoms with Crippen LogP contribution in [0.2, 0.25) is 0 Å². The maximum atomic E-state index is 14.2. The number of hydrogen-bond donors (Lipinski definition) is 0. The number of aryl methyl sites for hydroxylation is 6. The fourth-order valence-corrected chi connectivity index (χ4v) is 12.1. The van der Waals surface area contributed by atoms with Crippen LogP contribution in [0.25, 0.3) is 0 Å². The van der Waals surface area contributed by atoms with Gasteiger partial charge in [-0.25, -0.2) is 0 Å². The number of nitro groups is 1. The molecule has 248 valence electrons. The fourth-order valence-electron chi connectivity index (χ4n) is 6.35. The molecular formula is C36H38Cl2N4O4Ru. The molecule has 0 bridgehead atoms. The first-order valence-electron chi connectivity index (χ1n) is 15.0. The standard InChI is InChI=1S/C21H26N2.C15H12N2O4.2ClH.Ru/c1-14-9-16(3)20(17(4)10-14)22-7-8-23(13-22)21-18(5)11-15(2)12-19(21)6;1-16(12-7-9-14(21-2)10-8-12)15(18)11-3-5-13(6-4-11)17(19)20;;;/h9-12H,7-8H2,1-6H3;1,3-10H,2H3;2*1H;/q;;;;+2/p-2. The molecule has 4 aromatic carbocycles. The van der Waals surface area contributed by atoms with Crippen molar-refractivity contribution in [1.29, 1.82) is 0 Å². The molecule has 47 heavy (non-hydrogen) atoms. The van der Waals surface area contributed by atoms with Gasteiger partial charge in [-0.2, -0.15) is 0 Å². The first kappa shape index (κ1) is 34.4. The number of amides is 1. The normalized spacial score (nSPS) is 13.5. The van der Waals surface area contributed by atoms with Crippen LogP contribution in [-0.2, 0) is 11.9 Å². The van der Waals surface area contributed by atoms with Crippen molar-refractivity contribution < 1.29 is 26.3 Å². The third kappa shape index (κ3) is 7.03. The summed E-state index contributed by atoms with van der Waals surface area (Å²) < 4.78 is 7.82. The summed E-state index contributed by atoms with van der Waals surface area (Å²) in [6, 6.07) is 21.2. The van der Waals surface area contributed by atoms with E-state index in [0.29, 0.717) is 24.5 Å². The number of carbonyl (C=O) groups excluding carboxylic acids is 1. The van der Waals surface area contributed by atoms with E-state index in [2.05, 4.69) is 75.6 Å². The van der Waals surface area contributed by atoms with E-state index in [1.165, 1.54) is 40.3 Å². The molecule has 0 radical (unpaired) electrons. The van der Waals surface area contributed by atoms with Gasteiger partial charge in [-0.15, -0.1) is 0 Å². The van der Waals surface area contributed by atoms with E-state index in [1.807, 2.05) is 0 Å². The Kier molecular flexibility index (Phi) is 10.0. The second kappa shape index (κ2) is 13.7. The van der Waals surface area contributed by atoms with Gasteiger partial charge in [-0.3, -0.25) is 0 Å². The molecule has 8 nitrogen and oxygen atoms in total. The molecule has 1 amide bonds. The van der Waals surface area contributed by atoms with E-state index in [1.54, 1.807) is 36.1 Å². The molecule has 1 aliphatic rings. The van der Waals surface area contributed by atoms with Crippen molar-refractivity contribution in [3.8, 4) is 5.75 Å². The van der Waals surface area contributed by atoms with E-state index in [-0.39, 0.29) is 11.3 Å². The second-order valence-electron chi connectivity index (χ2n) is 11.8. The fraction of sp³-hybridized carbons (Fsp3) is 0.250. The van der Waals surface area contributed by atoms with Gasteiger partial charge in [-0.05, 0) is 0 Å². The van der Waals surface area contributed by atoms with Crippen LogP contribution in [0.3, 0.4) is 0 Å². The van der Waals surface area contributed by atoms with E-state index in [4.69, 9.17) is 24.1 Å². The molecule has 1 fully saturated rings. The number of rotatable bonds is 7. The SMILES string of the molecule is COc1ccc(N([CH]=[Ru]([Cl])([Cl])=[C]2N(c3c(C)cc(C)cc3C)CCN2c2c(C)cc(C)cc2C)C(=O)c2ccc([N+](=O)[O-])cc2)cc1. The quantitative estimate of drug-likeness (QED) is 0.107. The predicted octanol–water partition coefficient (Wildman–Crippen LogP) is 8.44. The van der Waals surface area contributed by atoms with Crippen molar-refractivity contribution in [2.75, 3.05) is 34.9 Å². The van der Waals surface area contributed by atoms with Crippen molar-refractivity contribution in [1.82, 2.24) is 0 Å². The van der Waals surface area contributed by atoms with Crippen molar-refractivity contribution in [3.63, 3.8) is 0 Å². The summed E-state index contributed by atoms with van der Waals surface area (Å²) in [6.07, 6.45) is 0. The van der Waals surface area contributed by atoms with Crippen LogP contribution < -0.4 is 19.4 Å². The van der Waals surface area contributed by atoms with Gasteiger partial charge in [0, 0.05) is 0 Å². The Morgan fingerprint density at radius 3 is 1.66 bits per heavy atom. The summed E-state index contributed by atoms with van der Waals surface area (Å²) in [6.45, 7) is 13.9. The van der Waals surface area contributed by atoms with Gasteiger partial charge in [0.15, 0.2) is 0 Å². The number of benzene rings is 4. The molecular weight excluding hydrogens is 724 g/mol. The zero-order chi connectivity index (χ0) is 34.2. The Balaban J connectivity index is 1.80. The Morgan fingerprint density at radius 2 is 1.26 bits per heavy atom. The molecule has 1 saturated heterocycles. The Bertz CT molecular complexity index is 1880. The number of hydrogen-bond acceptors (Lipinski definition) is 6. The van der Waals surface area contributed by atoms with Crippen LogP contribution in [0.15, 0.2) is 72.8 Å². The first-order valence-corrected chi connectivity index (χ1v) is 21.3. The summed E-state index contributed by atoms with van der Waals surface area (Å²) in [5.41, 5.74) is 9.54. The van der Waals surface area contributed by atoms with Crippen LogP contribution in [0, 0.1) is 51.7 Å². The predicted molar refractivity (Wildman–Crippen MR) is 192 cm³/mol. The van der Waals surface area contributed by atoms with E-state index < -0.39 is 22.7 Å². The number of nitrogens with zero attached hydrogens (tertiary/aromatic N) is 4. The van der Waals surface area contributed by atoms with Crippen molar-refractivity contribution in [2.45, 2.75) is 41.5 Å². The molecule has 11 heteroatoms. The number of methoxy groups -OCH3 is 1. The topological polar surface area (TPSA) is 79.2 Å². The first-order chi connectivity index (χ1) is 22.2. The molecule has 0 aliphatic carbocycles. The molecule has 0 N–H and O–H groups in total. The van der Waals surface area contributed by atoms with Crippen LogP contribution in [0.1, 0.15) is 43.7 Å². The van der Waals surface area contributed by atoms with E-state index in [0.717, 1.165) is 38.0 Å². The second-order valence-corrected chi connectivity index (χ2v) is 21.0. The van der Waals surface area contributed by atoms with Gasteiger partial charge < -0.3 is 0 Å². The number of carbonyl (C=O) groups is 1. The van der Waals surface area contributed by atoms with Gasteiger partial charge >= 0.3 is 288 Å². The average Bonchev–Trinajstić information content (AvgIpc) is 3.43. The summed E-state index contributed by atoms with van der Waals surface area (Å²) in [5, 5.41) is 11.3. The van der Waals surface area contributed by atoms with Crippen molar-refractivity contribution >= 4 is 57.1 Å². The van der Waals surface area contributed by atoms with Crippen LogP contribution in [0.4, 0.5) is 22.7 Å². The number of halogens is 2. The maximum absolute atomic E-state index is 14.2. The number of anilines is 3. The minimum absolute atomic E-state index is 0.109. The zero-order valence-electron chi connectivity index (χ0n) is 27.5. The third-order valence-electron chi connectivity index (χ3n) is 8.10. The average molecular weight is 763 g/mol. The van der Waals surface area contributed by atoms with Gasteiger partial charge in [0.1, 0.15) is 0 Å². The van der Waals surface area contributed by atoms with Crippen LogP contribution >= 0.6 is 19.4 Å². The van der Waals surface area contributed by atoms with Crippen LogP contribution in [0.5, 0.6) is 5.75 Å². The van der Waals surface area contributed by atoms with E-state index >= 15 is 0 Å². The molecule has 1 heterocycles. The van der Waals surface area contributed by atoms with Gasteiger partial charge in [0.05, 0.1) is 0 Å². The van der Waals surface area contributed by atoms with Crippen molar-refractivity contribution in [3.05, 3.63) is 122 Å². The van der Waals surface area contributed by atoms with Crippen LogP contribution in [-0.4, -0.2) is 40.1 Å². The summed E-state index contributed by atoms with van der Waals surface area (Å²) in [7, 11) is 16.9. The molecule has 0 atom stereocenters. The van der Waals surface area contributed by atoms with Gasteiger partial charge in [0.25, 0.3) is 0 Å². The Labute approximate surface area is 286 Å². The monoisotopic (exact) mass is 762 g/mol. The molecule has 0 unspecified atom stereocenters. The Hall–Kier alpha value is -3.91. The molecule has 1 aliphatic heterocycles. The number of nitro benzene ring substituents is 1. The summed E-state index contributed by atoms with van der Waals surface area (Å²) in [4.78, 5) is 31.0. The molecule has 4 aromatic rings. The summed E-state index contributed by atoms with van der Waals surface area (Å²) >= 11 is -4.16. The number of non-ortho nitro benzene ring substituents is 1. The molecule has 0 spiro atoms. The molecule has 0 saturated carbocycles. The minimum atomic E-state index is -4.16. The van der Waals surface area contributed by atoms with E-state index in [9.17, 15) is 14.9 Å². The molecule has 0 aromatic heterocycles. The van der Waals surface area contributed by atoms with Gasteiger partial charge in [-0.1, -0.05) is 0 Å². The summed E-state index contributed by atoms with van der Waals surface area (Å²) in [5.74, 6) is 0.205. The van der Waals surface area contributed by atoms with Gasteiger partial charge in [0.2, 0.25) is 0 Å². The zero-order valence-corrected chi connectivity index (χ0v) is 30.7. The third-order valence-corrected chi connectivity index (χ3v) is 13.3. The Morgan fingerprint density at radius 1 is 0.809 bits per heavy atom. The molecule has 5 rings (SSSR count). The van der Waals surface area contributed by atoms with Crippen molar-refractivity contribution in [2.24, 2.45) is 0 Å². The number of ether oxygens (including phenoxy) is 1.